The third kappa shape index (κ3) is 4.84. The van der Waals surface area contributed by atoms with Gasteiger partial charge >= 0.3 is 0 Å². The van der Waals surface area contributed by atoms with Crippen LogP contribution in [0.25, 0.3) is 0 Å². The van der Waals surface area contributed by atoms with E-state index in [0.29, 0.717) is 29.3 Å². The minimum atomic E-state index is -0.686. The van der Waals surface area contributed by atoms with E-state index >= 15 is 0 Å². The van der Waals surface area contributed by atoms with Crippen molar-refractivity contribution in [2.24, 2.45) is 0 Å². The number of rotatable bonds is 8. The fourth-order valence-corrected chi connectivity index (χ4v) is 2.86. The summed E-state index contributed by atoms with van der Waals surface area (Å²) in [6.07, 6.45) is 0.763. The Morgan fingerprint density at radius 1 is 1.15 bits per heavy atom. The Labute approximate surface area is 159 Å². The molecule has 2 unspecified atom stereocenters. The molecule has 0 saturated heterocycles. The molecule has 1 N–H and O–H groups in total. The van der Waals surface area contributed by atoms with Gasteiger partial charge < -0.3 is 10.1 Å². The van der Waals surface area contributed by atoms with Crippen LogP contribution < -0.4 is 10.1 Å². The van der Waals surface area contributed by atoms with Crippen molar-refractivity contribution in [1.29, 1.82) is 0 Å². The highest BCUT2D eigenvalue weighted by Gasteiger charge is 2.23. The summed E-state index contributed by atoms with van der Waals surface area (Å²) < 4.78 is 6.02. The molecule has 0 saturated carbocycles. The molecule has 2 atom stereocenters. The van der Waals surface area contributed by atoms with Gasteiger partial charge in [-0.3, -0.25) is 14.9 Å². The highest BCUT2D eigenvalue weighted by molar-refractivity contribution is 5.95. The number of anilines is 1. The monoisotopic (exact) mass is 370 g/mol. The van der Waals surface area contributed by atoms with Crippen LogP contribution in [0.15, 0.2) is 42.5 Å². The van der Waals surface area contributed by atoms with Crippen molar-refractivity contribution < 1.29 is 14.5 Å². The number of hydrogen-bond donors (Lipinski definition) is 1. The van der Waals surface area contributed by atoms with Crippen LogP contribution in [0.2, 0.25) is 0 Å². The predicted molar refractivity (Wildman–Crippen MR) is 106 cm³/mol. The summed E-state index contributed by atoms with van der Waals surface area (Å²) in [7, 11) is 0. The van der Waals surface area contributed by atoms with Crippen molar-refractivity contribution in [1.82, 2.24) is 0 Å². The van der Waals surface area contributed by atoms with Crippen LogP contribution in [0.5, 0.6) is 5.75 Å². The Hall–Kier alpha value is -2.89. The lowest BCUT2D eigenvalue weighted by Gasteiger charge is -2.21. The molecule has 0 aliphatic rings. The van der Waals surface area contributed by atoms with Gasteiger partial charge in [-0.05, 0) is 43.4 Å². The first-order valence-electron chi connectivity index (χ1n) is 9.19. The van der Waals surface area contributed by atoms with Gasteiger partial charge in [0, 0.05) is 6.07 Å². The SMILES string of the molecule is CCC(Oc1ccccc1C(C)CC)C(=O)Nc1cccc([N+](=O)[O-])c1C. The lowest BCUT2D eigenvalue weighted by atomic mass is 9.98. The van der Waals surface area contributed by atoms with Gasteiger partial charge in [0.05, 0.1) is 16.2 Å². The fourth-order valence-electron chi connectivity index (χ4n) is 2.86. The second-order valence-corrected chi connectivity index (χ2v) is 6.56. The number of amides is 1. The van der Waals surface area contributed by atoms with E-state index in [1.165, 1.54) is 6.07 Å². The van der Waals surface area contributed by atoms with Crippen LogP contribution in [0.3, 0.4) is 0 Å². The smallest absolute Gasteiger partial charge is 0.274 e. The standard InChI is InChI=1S/C21H26N2O4/c1-5-14(3)16-10-7-8-13-20(16)27-19(6-2)21(24)22-17-11-9-12-18(15(17)4)23(25)26/h7-14,19H,5-6H2,1-4H3,(H,22,24). The summed E-state index contributed by atoms with van der Waals surface area (Å²) in [5, 5.41) is 13.9. The van der Waals surface area contributed by atoms with Crippen LogP contribution in [0.4, 0.5) is 11.4 Å². The number of nitrogens with zero attached hydrogens (tertiary/aromatic N) is 1. The van der Waals surface area contributed by atoms with Gasteiger partial charge in [-0.15, -0.1) is 0 Å². The van der Waals surface area contributed by atoms with Crippen molar-refractivity contribution in [3.8, 4) is 5.75 Å². The molecule has 0 radical (unpaired) electrons. The molecule has 2 aromatic carbocycles. The topological polar surface area (TPSA) is 81.5 Å². The fraction of sp³-hybridized carbons (Fsp3) is 0.381. The third-order valence-electron chi connectivity index (χ3n) is 4.75. The normalized spacial score (nSPS) is 12.9. The third-order valence-corrected chi connectivity index (χ3v) is 4.75. The van der Waals surface area contributed by atoms with Gasteiger partial charge in [0.15, 0.2) is 6.10 Å². The average Bonchev–Trinajstić information content (AvgIpc) is 2.67. The number of nitro groups is 1. The molecule has 0 spiro atoms. The minimum absolute atomic E-state index is 0.0242. The molecule has 144 valence electrons. The van der Waals surface area contributed by atoms with E-state index in [2.05, 4.69) is 19.2 Å². The van der Waals surface area contributed by atoms with Gasteiger partial charge in [-0.2, -0.15) is 0 Å². The molecule has 6 heteroatoms. The maximum atomic E-state index is 12.7. The molecule has 6 nitrogen and oxygen atoms in total. The molecule has 2 rings (SSSR count). The van der Waals surface area contributed by atoms with E-state index in [0.717, 1.165) is 12.0 Å². The molecule has 0 aromatic heterocycles. The summed E-state index contributed by atoms with van der Waals surface area (Å²) in [5.41, 5.74) is 1.89. The summed E-state index contributed by atoms with van der Waals surface area (Å²) in [6, 6.07) is 12.4. The highest BCUT2D eigenvalue weighted by atomic mass is 16.6. The number of nitrogens with one attached hydrogen (secondary N) is 1. The largest absolute Gasteiger partial charge is 0.480 e. The number of carbonyl (C=O) groups excluding carboxylic acids is 1. The van der Waals surface area contributed by atoms with Gasteiger partial charge in [0.25, 0.3) is 11.6 Å². The van der Waals surface area contributed by atoms with Crippen LogP contribution in [0, 0.1) is 17.0 Å². The summed E-state index contributed by atoms with van der Waals surface area (Å²) in [5.74, 6) is 0.699. The molecule has 0 aliphatic heterocycles. The summed E-state index contributed by atoms with van der Waals surface area (Å²) in [4.78, 5) is 23.4. The summed E-state index contributed by atoms with van der Waals surface area (Å²) >= 11 is 0. The lowest BCUT2D eigenvalue weighted by Crippen LogP contribution is -2.33. The molecule has 0 heterocycles. The predicted octanol–water partition coefficient (Wildman–Crippen LogP) is 5.21. The maximum absolute atomic E-state index is 12.7. The maximum Gasteiger partial charge on any atom is 0.274 e. The molecule has 27 heavy (non-hydrogen) atoms. The number of nitro benzene ring substituents is 1. The first-order valence-corrected chi connectivity index (χ1v) is 9.19. The Kier molecular flexibility index (Phi) is 6.93. The van der Waals surface area contributed by atoms with E-state index in [1.54, 1.807) is 19.1 Å². The minimum Gasteiger partial charge on any atom is -0.480 e. The zero-order chi connectivity index (χ0) is 20.0. The van der Waals surface area contributed by atoms with E-state index in [-0.39, 0.29) is 11.6 Å². The Bertz CT molecular complexity index is 820. The molecular formula is C21H26N2O4. The Morgan fingerprint density at radius 3 is 2.48 bits per heavy atom. The number of carbonyl (C=O) groups is 1. The van der Waals surface area contributed by atoms with E-state index < -0.39 is 11.0 Å². The Morgan fingerprint density at radius 2 is 1.85 bits per heavy atom. The molecule has 0 bridgehead atoms. The first kappa shape index (κ1) is 20.4. The van der Waals surface area contributed by atoms with Crippen molar-refractivity contribution in [3.05, 3.63) is 63.7 Å². The summed E-state index contributed by atoms with van der Waals surface area (Å²) in [6.45, 7) is 7.72. The molecule has 2 aromatic rings. The van der Waals surface area contributed by atoms with Crippen LogP contribution in [-0.2, 0) is 4.79 Å². The van der Waals surface area contributed by atoms with Crippen molar-refractivity contribution in [2.45, 2.75) is 52.6 Å². The van der Waals surface area contributed by atoms with Crippen LogP contribution in [-0.4, -0.2) is 16.9 Å². The Balaban J connectivity index is 2.21. The van der Waals surface area contributed by atoms with E-state index in [4.69, 9.17) is 4.74 Å². The van der Waals surface area contributed by atoms with Crippen molar-refractivity contribution in [3.63, 3.8) is 0 Å². The van der Waals surface area contributed by atoms with Gasteiger partial charge in [-0.25, -0.2) is 0 Å². The number of para-hydroxylation sites is 1. The van der Waals surface area contributed by atoms with E-state index in [9.17, 15) is 14.9 Å². The second kappa shape index (κ2) is 9.16. The van der Waals surface area contributed by atoms with Gasteiger partial charge in [-0.1, -0.05) is 45.0 Å². The number of ether oxygens (including phenoxy) is 1. The number of benzene rings is 2. The second-order valence-electron chi connectivity index (χ2n) is 6.56. The molecular weight excluding hydrogens is 344 g/mol. The molecule has 0 fully saturated rings. The van der Waals surface area contributed by atoms with Gasteiger partial charge in [0.1, 0.15) is 5.75 Å². The van der Waals surface area contributed by atoms with E-state index in [1.807, 2.05) is 31.2 Å². The van der Waals surface area contributed by atoms with Crippen LogP contribution in [0.1, 0.15) is 50.7 Å². The lowest BCUT2D eigenvalue weighted by molar-refractivity contribution is -0.385. The number of hydrogen-bond acceptors (Lipinski definition) is 4. The quantitative estimate of drug-likeness (QED) is 0.511. The first-order chi connectivity index (χ1) is 12.9. The average molecular weight is 370 g/mol. The highest BCUT2D eigenvalue weighted by Crippen LogP contribution is 2.30. The molecule has 0 aliphatic carbocycles. The van der Waals surface area contributed by atoms with Crippen LogP contribution >= 0.6 is 0 Å². The van der Waals surface area contributed by atoms with Gasteiger partial charge in [0.2, 0.25) is 0 Å². The van der Waals surface area contributed by atoms with Crippen molar-refractivity contribution in [2.75, 3.05) is 5.32 Å². The van der Waals surface area contributed by atoms with Crippen molar-refractivity contribution >= 4 is 17.3 Å². The molecule has 1 amide bonds. The zero-order valence-electron chi connectivity index (χ0n) is 16.2. The zero-order valence-corrected chi connectivity index (χ0v) is 16.2.